The first-order chi connectivity index (χ1) is 13.2. The van der Waals surface area contributed by atoms with Crippen molar-refractivity contribution < 1.29 is 29.0 Å². The fourth-order valence-electron chi connectivity index (χ4n) is 2.37. The zero-order chi connectivity index (χ0) is 21.3. The number of benzene rings is 1. The molecule has 0 aromatic heterocycles. The zero-order valence-electron chi connectivity index (χ0n) is 17.1. The molecule has 3 unspecified atom stereocenters. The molecular weight excluding hydrogens is 423 g/mol. The fraction of sp³-hybridized carbons (Fsp3) is 0.571. The van der Waals surface area contributed by atoms with E-state index in [1.165, 1.54) is 0 Å². The topological polar surface area (TPSA) is 89.9 Å². The van der Waals surface area contributed by atoms with Gasteiger partial charge in [-0.05, 0) is 0 Å². The van der Waals surface area contributed by atoms with Crippen LogP contribution in [-0.2, 0) is 20.8 Å². The number of carbonyl (C=O) groups excluding carboxylic acids is 2. The zero-order valence-corrected chi connectivity index (χ0v) is 19.5. The van der Waals surface area contributed by atoms with Crippen molar-refractivity contribution in [3.63, 3.8) is 0 Å². The van der Waals surface area contributed by atoms with E-state index in [1.54, 1.807) is 18.2 Å². The Morgan fingerprint density at radius 2 is 1.46 bits per heavy atom. The summed E-state index contributed by atoms with van der Waals surface area (Å²) >= 11 is 1.11. The normalized spacial score (nSPS) is 14.0. The summed E-state index contributed by atoms with van der Waals surface area (Å²) in [6.45, 7) is 7.92. The van der Waals surface area contributed by atoms with Gasteiger partial charge in [0.2, 0.25) is 0 Å². The van der Waals surface area contributed by atoms with Gasteiger partial charge < -0.3 is 0 Å². The average molecular weight is 454 g/mol. The number of aliphatic carboxylic acids is 1. The molecule has 1 rings (SSSR count). The summed E-state index contributed by atoms with van der Waals surface area (Å²) in [5.41, 5.74) is 0.713. The Labute approximate surface area is 175 Å². The predicted octanol–water partition coefficient (Wildman–Crippen LogP) is 3.42. The van der Waals surface area contributed by atoms with Crippen LogP contribution in [0.5, 0.6) is 11.5 Å². The second-order valence-corrected chi connectivity index (χ2v) is 9.00. The number of carboxylic acids is 1. The SMILES string of the molecule is CCC(C)CC(=O)Oc1ccc(C[C@H]([AsH2])C(=O)O)cc1OC(=O)CC(C)CC. The van der Waals surface area contributed by atoms with E-state index in [2.05, 4.69) is 0 Å². The summed E-state index contributed by atoms with van der Waals surface area (Å²) in [5, 5.41) is 9.13. The van der Waals surface area contributed by atoms with Crippen LogP contribution < -0.4 is 9.47 Å². The van der Waals surface area contributed by atoms with Crippen LogP contribution in [0.4, 0.5) is 0 Å². The summed E-state index contributed by atoms with van der Waals surface area (Å²) in [7, 11) is 0. The van der Waals surface area contributed by atoms with Crippen molar-refractivity contribution >= 4 is 34.8 Å². The van der Waals surface area contributed by atoms with Crippen LogP contribution in [0.15, 0.2) is 18.2 Å². The van der Waals surface area contributed by atoms with E-state index in [0.29, 0.717) is 12.0 Å². The number of carboxylic acid groups (broad SMARTS) is 1. The van der Waals surface area contributed by atoms with Crippen molar-refractivity contribution in [2.24, 2.45) is 11.8 Å². The summed E-state index contributed by atoms with van der Waals surface area (Å²) in [6, 6.07) is 4.86. The van der Waals surface area contributed by atoms with Gasteiger partial charge in [0.1, 0.15) is 0 Å². The van der Waals surface area contributed by atoms with Gasteiger partial charge in [0.15, 0.2) is 0 Å². The van der Waals surface area contributed by atoms with Gasteiger partial charge in [-0.1, -0.05) is 0 Å². The molecule has 1 N–H and O–H groups in total. The van der Waals surface area contributed by atoms with Crippen LogP contribution in [0.25, 0.3) is 0 Å². The molecule has 4 atom stereocenters. The van der Waals surface area contributed by atoms with Crippen LogP contribution in [0.2, 0.25) is 4.71 Å². The number of rotatable bonds is 11. The third kappa shape index (κ3) is 8.47. The van der Waals surface area contributed by atoms with Gasteiger partial charge >= 0.3 is 175 Å². The van der Waals surface area contributed by atoms with E-state index < -0.39 is 16.6 Å². The molecule has 1 aromatic rings. The molecule has 156 valence electrons. The Bertz CT molecular complexity index is 687. The van der Waals surface area contributed by atoms with Crippen molar-refractivity contribution in [1.29, 1.82) is 0 Å². The van der Waals surface area contributed by atoms with Crippen molar-refractivity contribution in [3.05, 3.63) is 23.8 Å². The molecule has 28 heavy (non-hydrogen) atoms. The first-order valence-electron chi connectivity index (χ1n) is 9.68. The Kier molecular flexibility index (Phi) is 10.3. The third-order valence-corrected chi connectivity index (χ3v) is 5.75. The van der Waals surface area contributed by atoms with Gasteiger partial charge in [-0.15, -0.1) is 0 Å². The molecule has 0 saturated heterocycles. The van der Waals surface area contributed by atoms with Gasteiger partial charge in [0, 0.05) is 0 Å². The molecule has 0 aliphatic carbocycles. The molecule has 0 fully saturated rings. The third-order valence-electron chi connectivity index (χ3n) is 4.65. The summed E-state index contributed by atoms with van der Waals surface area (Å²) in [5.74, 6) is -0.941. The number of esters is 2. The number of carbonyl (C=O) groups is 3. The molecule has 0 saturated carbocycles. The van der Waals surface area contributed by atoms with E-state index in [-0.39, 0.29) is 42.1 Å². The predicted molar refractivity (Wildman–Crippen MR) is 109 cm³/mol. The Balaban J connectivity index is 3.03. The molecule has 6 nitrogen and oxygen atoms in total. The molecule has 0 bridgehead atoms. The quantitative estimate of drug-likeness (QED) is 0.313. The molecule has 0 aliphatic heterocycles. The summed E-state index contributed by atoms with van der Waals surface area (Å²) < 4.78 is 10.4. The van der Waals surface area contributed by atoms with E-state index >= 15 is 0 Å². The molecule has 0 aliphatic rings. The van der Waals surface area contributed by atoms with Crippen LogP contribution in [0.3, 0.4) is 0 Å². The fourth-order valence-corrected chi connectivity index (χ4v) is 2.94. The second-order valence-electron chi connectivity index (χ2n) is 7.31. The molecule has 1 aromatic carbocycles. The van der Waals surface area contributed by atoms with E-state index in [0.717, 1.165) is 29.7 Å². The molecule has 7 heteroatoms. The average Bonchev–Trinajstić information content (AvgIpc) is 2.63. The Hall–Kier alpha value is -1.81. The van der Waals surface area contributed by atoms with Crippen molar-refractivity contribution in [3.8, 4) is 11.5 Å². The molecule has 0 heterocycles. The standard InChI is InChI=1S/C21H31AsO6/c1-5-13(3)9-19(23)27-17-8-7-15(11-16(22)21(25)26)12-18(17)28-20(24)10-14(4)6-2/h7-8,12-14,16H,5-6,9-11,22H2,1-4H3,(H,25,26)/t13?,14?,16-/m0/s1. The van der Waals surface area contributed by atoms with Gasteiger partial charge in [-0.3, -0.25) is 0 Å². The van der Waals surface area contributed by atoms with Gasteiger partial charge in [-0.2, -0.15) is 0 Å². The number of hydrogen-bond donors (Lipinski definition) is 1. The van der Waals surface area contributed by atoms with Crippen LogP contribution in [0, 0.1) is 11.8 Å². The molecule has 0 spiro atoms. The van der Waals surface area contributed by atoms with Crippen molar-refractivity contribution in [2.75, 3.05) is 0 Å². The number of hydrogen-bond acceptors (Lipinski definition) is 5. The van der Waals surface area contributed by atoms with E-state index in [9.17, 15) is 14.4 Å². The second kappa shape index (κ2) is 11.9. The van der Waals surface area contributed by atoms with Crippen LogP contribution in [0.1, 0.15) is 58.9 Å². The van der Waals surface area contributed by atoms with E-state index in [4.69, 9.17) is 14.6 Å². The maximum absolute atomic E-state index is 12.2. The van der Waals surface area contributed by atoms with Crippen LogP contribution in [-0.4, -0.2) is 39.9 Å². The van der Waals surface area contributed by atoms with Crippen molar-refractivity contribution in [2.45, 2.75) is 64.5 Å². The first-order valence-corrected chi connectivity index (χ1v) is 11.1. The maximum atomic E-state index is 12.2. The molecular formula is C21H31AsO6. The van der Waals surface area contributed by atoms with Crippen LogP contribution >= 0.6 is 0 Å². The Morgan fingerprint density at radius 1 is 0.964 bits per heavy atom. The van der Waals surface area contributed by atoms with Crippen molar-refractivity contribution in [1.82, 2.24) is 0 Å². The van der Waals surface area contributed by atoms with Gasteiger partial charge in [0.25, 0.3) is 0 Å². The summed E-state index contributed by atoms with van der Waals surface area (Å²) in [4.78, 5) is 35.5. The van der Waals surface area contributed by atoms with E-state index in [1.807, 2.05) is 27.7 Å². The minimum atomic E-state index is -0.876. The molecule has 0 amide bonds. The molecule has 0 radical (unpaired) electrons. The van der Waals surface area contributed by atoms with Gasteiger partial charge in [-0.25, -0.2) is 0 Å². The van der Waals surface area contributed by atoms with Gasteiger partial charge in [0.05, 0.1) is 0 Å². The summed E-state index contributed by atoms with van der Waals surface area (Å²) in [6.07, 6.45) is 2.56. The minimum absolute atomic E-state index is 0.161. The Morgan fingerprint density at radius 3 is 1.93 bits per heavy atom. The monoisotopic (exact) mass is 454 g/mol. The number of ether oxygens (including phenoxy) is 2. The first kappa shape index (κ1) is 24.2.